The normalized spacial score (nSPS) is 12.3. The van der Waals surface area contributed by atoms with E-state index in [0.29, 0.717) is 31.1 Å². The third kappa shape index (κ3) is 4.78. The number of hydrogen-bond donors (Lipinski definition) is 1. The molecular weight excluding hydrogens is 286 g/mol. The van der Waals surface area contributed by atoms with Crippen molar-refractivity contribution in [2.45, 2.75) is 31.7 Å². The van der Waals surface area contributed by atoms with Crippen LogP contribution < -0.4 is 5.73 Å². The van der Waals surface area contributed by atoms with Crippen molar-refractivity contribution in [3.63, 3.8) is 0 Å². The van der Waals surface area contributed by atoms with Gasteiger partial charge in [0, 0.05) is 26.2 Å². The van der Waals surface area contributed by atoms with Crippen molar-refractivity contribution < 1.29 is 8.42 Å². The SMILES string of the molecule is CCCN(CCN(C)C)S(=O)(=O)c1cc(CN)ccc1C. The van der Waals surface area contributed by atoms with Gasteiger partial charge >= 0.3 is 0 Å². The number of hydrogen-bond acceptors (Lipinski definition) is 4. The lowest BCUT2D eigenvalue weighted by atomic mass is 10.1. The zero-order chi connectivity index (χ0) is 16.0. The van der Waals surface area contributed by atoms with E-state index in [1.165, 1.54) is 0 Å². The number of benzene rings is 1. The smallest absolute Gasteiger partial charge is 0.243 e. The molecule has 1 rings (SSSR count). The Morgan fingerprint density at radius 2 is 1.81 bits per heavy atom. The van der Waals surface area contributed by atoms with Crippen LogP contribution in [-0.2, 0) is 16.6 Å². The molecule has 0 bridgehead atoms. The van der Waals surface area contributed by atoms with Gasteiger partial charge in [0.1, 0.15) is 0 Å². The summed E-state index contributed by atoms with van der Waals surface area (Å²) in [6.45, 7) is 5.88. The van der Waals surface area contributed by atoms with Crippen molar-refractivity contribution in [3.8, 4) is 0 Å². The topological polar surface area (TPSA) is 66.6 Å². The Labute approximate surface area is 128 Å². The first-order chi connectivity index (χ1) is 9.82. The van der Waals surface area contributed by atoms with Gasteiger partial charge in [0.25, 0.3) is 0 Å². The molecule has 1 aromatic carbocycles. The van der Waals surface area contributed by atoms with E-state index in [4.69, 9.17) is 5.73 Å². The minimum Gasteiger partial charge on any atom is -0.326 e. The summed E-state index contributed by atoms with van der Waals surface area (Å²) in [4.78, 5) is 2.36. The Hall–Kier alpha value is -0.950. The van der Waals surface area contributed by atoms with E-state index < -0.39 is 10.0 Å². The number of rotatable bonds is 8. The predicted molar refractivity (Wildman–Crippen MR) is 86.7 cm³/mol. The highest BCUT2D eigenvalue weighted by Crippen LogP contribution is 2.21. The molecule has 0 saturated heterocycles. The minimum atomic E-state index is -3.47. The molecular formula is C15H27N3O2S. The fourth-order valence-electron chi connectivity index (χ4n) is 2.10. The molecule has 2 N–H and O–H groups in total. The number of likely N-dealkylation sites (N-methyl/N-ethyl adjacent to an activating group) is 1. The van der Waals surface area contributed by atoms with Crippen molar-refractivity contribution in [2.75, 3.05) is 33.7 Å². The summed E-state index contributed by atoms with van der Waals surface area (Å²) in [5.41, 5.74) is 7.23. The zero-order valence-electron chi connectivity index (χ0n) is 13.5. The molecule has 0 aromatic heterocycles. The molecule has 6 heteroatoms. The van der Waals surface area contributed by atoms with Crippen molar-refractivity contribution in [3.05, 3.63) is 29.3 Å². The number of nitrogens with zero attached hydrogens (tertiary/aromatic N) is 2. The fraction of sp³-hybridized carbons (Fsp3) is 0.600. The molecule has 0 aliphatic carbocycles. The average Bonchev–Trinajstić information content (AvgIpc) is 2.43. The van der Waals surface area contributed by atoms with Gasteiger partial charge in [0.15, 0.2) is 0 Å². The maximum Gasteiger partial charge on any atom is 0.243 e. The van der Waals surface area contributed by atoms with Crippen molar-refractivity contribution in [1.82, 2.24) is 9.21 Å². The monoisotopic (exact) mass is 313 g/mol. The summed E-state index contributed by atoms with van der Waals surface area (Å²) < 4.78 is 27.3. The Morgan fingerprint density at radius 3 is 2.33 bits per heavy atom. The second kappa shape index (κ2) is 7.89. The van der Waals surface area contributed by atoms with E-state index in [1.807, 2.05) is 45.0 Å². The standard InChI is InChI=1S/C15H27N3O2S/c1-5-8-18(10-9-17(3)4)21(19,20)15-11-14(12-16)7-6-13(15)2/h6-7,11H,5,8-10,12,16H2,1-4H3. The number of sulfonamides is 1. The van der Waals surface area contributed by atoms with Gasteiger partial charge in [-0.3, -0.25) is 0 Å². The summed E-state index contributed by atoms with van der Waals surface area (Å²) in [7, 11) is 0.412. The van der Waals surface area contributed by atoms with Gasteiger partial charge in [-0.05, 0) is 44.6 Å². The van der Waals surface area contributed by atoms with Crippen LogP contribution in [0.5, 0.6) is 0 Å². The van der Waals surface area contributed by atoms with Gasteiger partial charge in [0.2, 0.25) is 10.0 Å². The Balaban J connectivity index is 3.15. The first kappa shape index (κ1) is 18.1. The molecule has 0 aliphatic rings. The van der Waals surface area contributed by atoms with Gasteiger partial charge < -0.3 is 10.6 Å². The summed E-state index contributed by atoms with van der Waals surface area (Å²) in [6, 6.07) is 5.40. The van der Waals surface area contributed by atoms with Crippen LogP contribution in [-0.4, -0.2) is 51.4 Å². The Bertz CT molecular complexity index is 556. The van der Waals surface area contributed by atoms with Crippen LogP contribution in [0.3, 0.4) is 0 Å². The van der Waals surface area contributed by atoms with Gasteiger partial charge in [-0.2, -0.15) is 4.31 Å². The predicted octanol–water partition coefficient (Wildman–Crippen LogP) is 1.42. The largest absolute Gasteiger partial charge is 0.326 e. The molecule has 0 aliphatic heterocycles. The van der Waals surface area contributed by atoms with E-state index in [0.717, 1.165) is 17.5 Å². The molecule has 21 heavy (non-hydrogen) atoms. The van der Waals surface area contributed by atoms with E-state index in [2.05, 4.69) is 0 Å². The molecule has 1 aromatic rings. The maximum atomic E-state index is 12.9. The third-order valence-corrected chi connectivity index (χ3v) is 5.42. The summed E-state index contributed by atoms with van der Waals surface area (Å²) in [6.07, 6.45) is 0.794. The second-order valence-electron chi connectivity index (χ2n) is 5.51. The molecule has 5 nitrogen and oxygen atoms in total. The first-order valence-corrected chi connectivity index (χ1v) is 8.71. The van der Waals surface area contributed by atoms with Gasteiger partial charge in [0.05, 0.1) is 4.90 Å². The van der Waals surface area contributed by atoms with Crippen LogP contribution in [0, 0.1) is 6.92 Å². The van der Waals surface area contributed by atoms with Gasteiger partial charge in [-0.25, -0.2) is 8.42 Å². The van der Waals surface area contributed by atoms with Crippen molar-refractivity contribution in [2.24, 2.45) is 5.73 Å². The van der Waals surface area contributed by atoms with Crippen LogP contribution in [0.2, 0.25) is 0 Å². The highest BCUT2D eigenvalue weighted by atomic mass is 32.2. The third-order valence-electron chi connectivity index (χ3n) is 3.38. The molecule has 0 radical (unpaired) electrons. The van der Waals surface area contributed by atoms with E-state index in [-0.39, 0.29) is 0 Å². The van der Waals surface area contributed by atoms with Crippen molar-refractivity contribution >= 4 is 10.0 Å². The molecule has 0 spiro atoms. The second-order valence-corrected chi connectivity index (χ2v) is 7.42. The zero-order valence-corrected chi connectivity index (χ0v) is 14.3. The van der Waals surface area contributed by atoms with E-state index in [1.54, 1.807) is 10.4 Å². The lowest BCUT2D eigenvalue weighted by Crippen LogP contribution is -2.37. The summed E-state index contributed by atoms with van der Waals surface area (Å²) in [5.74, 6) is 0. The van der Waals surface area contributed by atoms with E-state index in [9.17, 15) is 8.42 Å². The molecule has 0 amide bonds. The van der Waals surface area contributed by atoms with Gasteiger partial charge in [-0.1, -0.05) is 19.1 Å². The van der Waals surface area contributed by atoms with Crippen LogP contribution >= 0.6 is 0 Å². The number of aryl methyl sites for hydroxylation is 1. The maximum absolute atomic E-state index is 12.9. The molecule has 0 unspecified atom stereocenters. The minimum absolute atomic E-state index is 0.342. The van der Waals surface area contributed by atoms with Crippen LogP contribution in [0.15, 0.2) is 23.1 Å². The van der Waals surface area contributed by atoms with E-state index >= 15 is 0 Å². The molecule has 0 fully saturated rings. The summed E-state index contributed by atoms with van der Waals surface area (Å²) in [5, 5.41) is 0. The highest BCUT2D eigenvalue weighted by molar-refractivity contribution is 7.89. The molecule has 120 valence electrons. The van der Waals surface area contributed by atoms with Gasteiger partial charge in [-0.15, -0.1) is 0 Å². The van der Waals surface area contributed by atoms with Crippen LogP contribution in [0.1, 0.15) is 24.5 Å². The Morgan fingerprint density at radius 1 is 1.14 bits per heavy atom. The molecule has 0 heterocycles. The molecule has 0 saturated carbocycles. The lowest BCUT2D eigenvalue weighted by molar-refractivity contribution is 0.333. The first-order valence-electron chi connectivity index (χ1n) is 7.27. The van der Waals surface area contributed by atoms with Crippen LogP contribution in [0.4, 0.5) is 0 Å². The Kier molecular flexibility index (Phi) is 6.80. The van der Waals surface area contributed by atoms with Crippen LogP contribution in [0.25, 0.3) is 0 Å². The number of nitrogens with two attached hydrogens (primary N) is 1. The fourth-order valence-corrected chi connectivity index (χ4v) is 3.90. The summed E-state index contributed by atoms with van der Waals surface area (Å²) >= 11 is 0. The highest BCUT2D eigenvalue weighted by Gasteiger charge is 2.25. The molecule has 0 atom stereocenters. The average molecular weight is 313 g/mol. The van der Waals surface area contributed by atoms with Crippen molar-refractivity contribution in [1.29, 1.82) is 0 Å². The lowest BCUT2D eigenvalue weighted by Gasteiger charge is -2.24. The quantitative estimate of drug-likeness (QED) is 0.788.